The van der Waals surface area contributed by atoms with Crippen molar-refractivity contribution in [3.8, 4) is 0 Å². The number of ether oxygens (including phenoxy) is 1. The van der Waals surface area contributed by atoms with Gasteiger partial charge in [0.25, 0.3) is 0 Å². The largest absolute Gasteiger partial charge is 0.466 e. The predicted octanol–water partition coefficient (Wildman–Crippen LogP) is 18.4. The van der Waals surface area contributed by atoms with Crippen molar-refractivity contribution in [2.75, 3.05) is 13.2 Å². The van der Waals surface area contributed by atoms with Gasteiger partial charge in [0.2, 0.25) is 5.91 Å². The molecule has 0 spiro atoms. The highest BCUT2D eigenvalue weighted by Gasteiger charge is 2.18. The number of unbranched alkanes of at least 4 members (excludes halogenated alkanes) is 40. The third-order valence-electron chi connectivity index (χ3n) is 13.6. The molecule has 6 heteroatoms. The maximum Gasteiger partial charge on any atom is 0.305 e. The Hall–Kier alpha value is -1.92. The first-order valence-electron chi connectivity index (χ1n) is 29.8. The summed E-state index contributed by atoms with van der Waals surface area (Å²) in [5.41, 5.74) is 0. The van der Waals surface area contributed by atoms with Crippen LogP contribution in [0.25, 0.3) is 0 Å². The van der Waals surface area contributed by atoms with Gasteiger partial charge < -0.3 is 20.3 Å². The van der Waals surface area contributed by atoms with Crippen molar-refractivity contribution < 1.29 is 24.5 Å². The van der Waals surface area contributed by atoms with Crippen molar-refractivity contribution in [2.24, 2.45) is 0 Å². The Balaban J connectivity index is 3.51. The third-order valence-corrected chi connectivity index (χ3v) is 13.6. The first-order valence-corrected chi connectivity index (χ1v) is 29.8. The molecular weight excluding hydrogens is 827 g/mol. The molecular formula is C61H115NO5. The minimum Gasteiger partial charge on any atom is -0.466 e. The summed E-state index contributed by atoms with van der Waals surface area (Å²) in [7, 11) is 0. The first-order chi connectivity index (χ1) is 33.0. The summed E-state index contributed by atoms with van der Waals surface area (Å²) < 4.78 is 5.46. The van der Waals surface area contributed by atoms with Gasteiger partial charge in [-0.15, -0.1) is 0 Å². The quantitative estimate of drug-likeness (QED) is 0.0321. The molecule has 0 radical (unpaired) electrons. The predicted molar refractivity (Wildman–Crippen MR) is 292 cm³/mol. The molecule has 0 bridgehead atoms. The van der Waals surface area contributed by atoms with Gasteiger partial charge in [-0.25, -0.2) is 0 Å². The summed E-state index contributed by atoms with van der Waals surface area (Å²) in [5.74, 6) is -0.101. The van der Waals surface area contributed by atoms with E-state index in [0.717, 1.165) is 70.6 Å². The topological polar surface area (TPSA) is 95.9 Å². The number of amides is 1. The van der Waals surface area contributed by atoms with Crippen molar-refractivity contribution >= 4 is 11.9 Å². The van der Waals surface area contributed by atoms with E-state index in [9.17, 15) is 19.8 Å². The van der Waals surface area contributed by atoms with Crippen molar-refractivity contribution in [2.45, 2.75) is 328 Å². The number of rotatable bonds is 55. The van der Waals surface area contributed by atoms with E-state index in [1.807, 2.05) is 6.08 Å². The second kappa shape index (κ2) is 56.7. The fourth-order valence-corrected chi connectivity index (χ4v) is 9.03. The first kappa shape index (κ1) is 65.1. The average molecular weight is 943 g/mol. The highest BCUT2D eigenvalue weighted by atomic mass is 16.5. The molecule has 0 aliphatic carbocycles. The number of esters is 1. The van der Waals surface area contributed by atoms with Gasteiger partial charge in [0.05, 0.1) is 25.4 Å². The van der Waals surface area contributed by atoms with Gasteiger partial charge in [-0.2, -0.15) is 0 Å². The molecule has 0 aliphatic heterocycles. The zero-order valence-corrected chi connectivity index (χ0v) is 44.9. The number of carbonyl (C=O) groups excluding carboxylic acids is 2. The van der Waals surface area contributed by atoms with E-state index in [1.165, 1.54) is 218 Å². The molecule has 2 atom stereocenters. The van der Waals surface area contributed by atoms with Gasteiger partial charge in [0.15, 0.2) is 0 Å². The standard InChI is InChI=1S/C61H115NO5/c1-3-5-7-9-11-13-15-17-19-20-21-22-23-26-29-33-37-41-45-49-53-59(64)58(57-63)62-60(65)54-50-46-42-38-34-30-27-24-28-32-36-40-44-48-52-56-67-61(66)55-51-47-43-39-35-31-25-18-16-14-12-10-8-6-4-2/h18,25,28,32,49,53,58-59,63-64H,3-17,19-24,26-27,29-31,33-48,50-52,54-57H2,1-2H3,(H,62,65)/b25-18-,32-28-,53-49+. The van der Waals surface area contributed by atoms with Crippen LogP contribution in [0.5, 0.6) is 0 Å². The summed E-state index contributed by atoms with van der Waals surface area (Å²) in [6.07, 6.45) is 70.2. The number of hydrogen-bond acceptors (Lipinski definition) is 5. The van der Waals surface area contributed by atoms with Crippen LogP contribution in [-0.2, 0) is 14.3 Å². The molecule has 0 heterocycles. The van der Waals surface area contributed by atoms with Gasteiger partial charge in [-0.1, -0.05) is 256 Å². The Morgan fingerprint density at radius 1 is 0.403 bits per heavy atom. The summed E-state index contributed by atoms with van der Waals surface area (Å²) in [6.45, 7) is 4.87. The van der Waals surface area contributed by atoms with Crippen LogP contribution in [0, 0.1) is 0 Å². The molecule has 67 heavy (non-hydrogen) atoms. The zero-order chi connectivity index (χ0) is 48.6. The van der Waals surface area contributed by atoms with Crippen LogP contribution >= 0.6 is 0 Å². The molecule has 394 valence electrons. The number of hydrogen-bond donors (Lipinski definition) is 3. The lowest BCUT2D eigenvalue weighted by Gasteiger charge is -2.20. The lowest BCUT2D eigenvalue weighted by molar-refractivity contribution is -0.143. The minimum absolute atomic E-state index is 0.0190. The molecule has 0 fully saturated rings. The van der Waals surface area contributed by atoms with Crippen molar-refractivity contribution in [1.29, 1.82) is 0 Å². The Morgan fingerprint density at radius 2 is 0.701 bits per heavy atom. The molecule has 0 rings (SSSR count). The van der Waals surface area contributed by atoms with Crippen LogP contribution < -0.4 is 5.32 Å². The molecule has 3 N–H and O–H groups in total. The molecule has 2 unspecified atom stereocenters. The van der Waals surface area contributed by atoms with Gasteiger partial charge in [0.1, 0.15) is 0 Å². The maximum atomic E-state index is 12.5. The highest BCUT2D eigenvalue weighted by molar-refractivity contribution is 5.76. The fourth-order valence-electron chi connectivity index (χ4n) is 9.03. The van der Waals surface area contributed by atoms with Crippen LogP contribution in [0.15, 0.2) is 36.5 Å². The second-order valence-electron chi connectivity index (χ2n) is 20.3. The molecule has 0 aromatic carbocycles. The molecule has 0 aromatic heterocycles. The fraction of sp³-hybridized carbons (Fsp3) is 0.869. The van der Waals surface area contributed by atoms with Gasteiger partial charge >= 0.3 is 5.97 Å². The van der Waals surface area contributed by atoms with Gasteiger partial charge in [-0.05, 0) is 83.5 Å². The molecule has 0 saturated heterocycles. The monoisotopic (exact) mass is 942 g/mol. The zero-order valence-electron chi connectivity index (χ0n) is 44.9. The number of allylic oxidation sites excluding steroid dienone is 5. The van der Waals surface area contributed by atoms with Gasteiger partial charge in [-0.3, -0.25) is 9.59 Å². The van der Waals surface area contributed by atoms with E-state index in [-0.39, 0.29) is 18.5 Å². The van der Waals surface area contributed by atoms with Crippen molar-refractivity contribution in [3.05, 3.63) is 36.5 Å². The maximum absolute atomic E-state index is 12.5. The third kappa shape index (κ3) is 53.3. The summed E-state index contributed by atoms with van der Waals surface area (Å²) in [6, 6.07) is -0.641. The lowest BCUT2D eigenvalue weighted by atomic mass is 10.0. The van der Waals surface area contributed by atoms with Crippen LogP contribution in [0.2, 0.25) is 0 Å². The van der Waals surface area contributed by atoms with Crippen LogP contribution in [0.3, 0.4) is 0 Å². The smallest absolute Gasteiger partial charge is 0.305 e. The number of nitrogens with one attached hydrogen (secondary N) is 1. The second-order valence-corrected chi connectivity index (χ2v) is 20.3. The van der Waals surface area contributed by atoms with E-state index < -0.39 is 12.1 Å². The van der Waals surface area contributed by atoms with E-state index in [2.05, 4.69) is 43.5 Å². The van der Waals surface area contributed by atoms with Gasteiger partial charge in [0, 0.05) is 12.8 Å². The molecule has 0 aromatic rings. The van der Waals surface area contributed by atoms with Crippen LogP contribution in [0.1, 0.15) is 316 Å². The Morgan fingerprint density at radius 3 is 1.06 bits per heavy atom. The Kier molecular flexibility index (Phi) is 55.0. The number of aliphatic hydroxyl groups excluding tert-OH is 2. The normalized spacial score (nSPS) is 12.8. The van der Waals surface area contributed by atoms with Crippen LogP contribution in [0.4, 0.5) is 0 Å². The molecule has 0 saturated carbocycles. The Bertz CT molecular complexity index is 1090. The van der Waals surface area contributed by atoms with E-state index in [1.54, 1.807) is 6.08 Å². The number of aliphatic hydroxyl groups is 2. The van der Waals surface area contributed by atoms with E-state index >= 15 is 0 Å². The molecule has 0 aliphatic rings. The van der Waals surface area contributed by atoms with Crippen molar-refractivity contribution in [1.82, 2.24) is 5.32 Å². The number of carbonyl (C=O) groups is 2. The summed E-state index contributed by atoms with van der Waals surface area (Å²) >= 11 is 0. The summed E-state index contributed by atoms with van der Waals surface area (Å²) in [5, 5.41) is 23.2. The molecule has 6 nitrogen and oxygen atoms in total. The average Bonchev–Trinajstić information content (AvgIpc) is 3.33. The lowest BCUT2D eigenvalue weighted by Crippen LogP contribution is -2.45. The minimum atomic E-state index is -0.856. The Labute approximate surface area is 417 Å². The van der Waals surface area contributed by atoms with Crippen molar-refractivity contribution in [3.63, 3.8) is 0 Å². The SMILES string of the molecule is CCCCCCCC/C=C\CCCCCCCC(=O)OCCCCCC/C=C\CCCCCCCCCC(=O)NC(CO)C(O)/C=C/CCCCCCCCCCCCCCCCCCCC. The summed E-state index contributed by atoms with van der Waals surface area (Å²) in [4.78, 5) is 24.5. The highest BCUT2D eigenvalue weighted by Crippen LogP contribution is 2.16. The van der Waals surface area contributed by atoms with E-state index in [0.29, 0.717) is 19.4 Å². The van der Waals surface area contributed by atoms with Crippen LogP contribution in [-0.4, -0.2) is 47.4 Å². The van der Waals surface area contributed by atoms with E-state index in [4.69, 9.17) is 4.74 Å². The molecule has 1 amide bonds.